The van der Waals surface area contributed by atoms with Crippen molar-refractivity contribution in [2.75, 3.05) is 13.1 Å². The van der Waals surface area contributed by atoms with Crippen LogP contribution in [0.25, 0.3) is 0 Å². The van der Waals surface area contributed by atoms with Gasteiger partial charge in [-0.3, -0.25) is 9.69 Å². The van der Waals surface area contributed by atoms with Crippen molar-refractivity contribution in [3.8, 4) is 0 Å². The molecule has 17 heavy (non-hydrogen) atoms. The fraction of sp³-hybridized carbons (Fsp3) is 0.417. The number of nitrogens with zero attached hydrogens (tertiary/aromatic N) is 1. The Morgan fingerprint density at radius 1 is 1.35 bits per heavy atom. The van der Waals surface area contributed by atoms with Crippen LogP contribution >= 0.6 is 23.2 Å². The van der Waals surface area contributed by atoms with Crippen LogP contribution in [0.1, 0.15) is 12.0 Å². The second kappa shape index (κ2) is 5.25. The first kappa shape index (κ1) is 12.7. The van der Waals surface area contributed by atoms with Crippen molar-refractivity contribution >= 4 is 29.2 Å². The minimum absolute atomic E-state index is 0.243. The van der Waals surface area contributed by atoms with E-state index >= 15 is 0 Å². The molecule has 0 atom stereocenters. The van der Waals surface area contributed by atoms with Crippen LogP contribution in [-0.2, 0) is 11.3 Å². The lowest BCUT2D eigenvalue weighted by Crippen LogP contribution is -2.46. The van der Waals surface area contributed by atoms with E-state index in [2.05, 4.69) is 4.90 Å². The monoisotopic (exact) mass is 273 g/mol. The molecule has 0 radical (unpaired) electrons. The maximum absolute atomic E-state index is 10.5. The average Bonchev–Trinajstić information content (AvgIpc) is 2.18. The quantitative estimate of drug-likeness (QED) is 0.917. The fourth-order valence-electron chi connectivity index (χ4n) is 2.09. The Kier molecular flexibility index (Phi) is 3.92. The SMILES string of the molecule is O=C(O)CC1CN(Cc2c(Cl)cccc2Cl)C1. The molecular formula is C12H13Cl2NO2. The van der Waals surface area contributed by atoms with E-state index in [1.54, 1.807) is 0 Å². The third kappa shape index (κ3) is 3.12. The molecule has 3 nitrogen and oxygen atoms in total. The highest BCUT2D eigenvalue weighted by atomic mass is 35.5. The number of carbonyl (C=O) groups is 1. The third-order valence-corrected chi connectivity index (χ3v) is 3.65. The lowest BCUT2D eigenvalue weighted by Gasteiger charge is -2.38. The highest BCUT2D eigenvalue weighted by Gasteiger charge is 2.29. The van der Waals surface area contributed by atoms with Gasteiger partial charge in [-0.25, -0.2) is 0 Å². The number of aliphatic carboxylic acids is 1. The van der Waals surface area contributed by atoms with Crippen molar-refractivity contribution < 1.29 is 9.90 Å². The molecule has 1 N–H and O–H groups in total. The summed E-state index contributed by atoms with van der Waals surface area (Å²) in [5.41, 5.74) is 0.921. The summed E-state index contributed by atoms with van der Waals surface area (Å²) in [6.45, 7) is 2.29. The highest BCUT2D eigenvalue weighted by molar-refractivity contribution is 6.35. The number of benzene rings is 1. The summed E-state index contributed by atoms with van der Waals surface area (Å²) in [6.07, 6.45) is 0.243. The Labute approximate surface area is 110 Å². The predicted molar refractivity (Wildman–Crippen MR) is 67.5 cm³/mol. The van der Waals surface area contributed by atoms with Crippen molar-refractivity contribution in [1.82, 2.24) is 4.90 Å². The van der Waals surface area contributed by atoms with Crippen LogP contribution in [0.5, 0.6) is 0 Å². The van der Waals surface area contributed by atoms with Crippen LogP contribution in [0, 0.1) is 5.92 Å². The van der Waals surface area contributed by atoms with Gasteiger partial charge in [-0.05, 0) is 18.1 Å². The Hall–Kier alpha value is -0.770. The summed E-state index contributed by atoms with van der Waals surface area (Å²) in [4.78, 5) is 12.7. The largest absolute Gasteiger partial charge is 0.481 e. The summed E-state index contributed by atoms with van der Waals surface area (Å²) in [5, 5.41) is 9.98. The highest BCUT2D eigenvalue weighted by Crippen LogP contribution is 2.29. The van der Waals surface area contributed by atoms with Crippen molar-refractivity contribution in [3.05, 3.63) is 33.8 Å². The molecule has 1 heterocycles. The summed E-state index contributed by atoms with van der Waals surface area (Å²) in [5.74, 6) is -0.473. The zero-order chi connectivity index (χ0) is 12.4. The van der Waals surface area contributed by atoms with Gasteiger partial charge < -0.3 is 5.11 Å². The van der Waals surface area contributed by atoms with E-state index in [1.165, 1.54) is 0 Å². The van der Waals surface area contributed by atoms with E-state index in [4.69, 9.17) is 28.3 Å². The van der Waals surface area contributed by atoms with E-state index in [9.17, 15) is 4.79 Å². The molecule has 0 unspecified atom stereocenters. The maximum atomic E-state index is 10.5. The number of rotatable bonds is 4. The summed E-state index contributed by atoms with van der Waals surface area (Å²) < 4.78 is 0. The molecule has 0 saturated carbocycles. The second-order valence-electron chi connectivity index (χ2n) is 4.36. The van der Waals surface area contributed by atoms with E-state index < -0.39 is 5.97 Å². The summed E-state index contributed by atoms with van der Waals surface area (Å²) in [7, 11) is 0. The number of hydrogen-bond donors (Lipinski definition) is 1. The van der Waals surface area contributed by atoms with Gasteiger partial charge in [-0.1, -0.05) is 29.3 Å². The topological polar surface area (TPSA) is 40.5 Å². The van der Waals surface area contributed by atoms with Gasteiger partial charge in [0.2, 0.25) is 0 Å². The van der Waals surface area contributed by atoms with Gasteiger partial charge in [0.05, 0.1) is 6.42 Å². The molecule has 2 rings (SSSR count). The molecular weight excluding hydrogens is 261 g/mol. The molecule has 1 aliphatic heterocycles. The van der Waals surface area contributed by atoms with Crippen molar-refractivity contribution in [2.45, 2.75) is 13.0 Å². The molecule has 1 aliphatic rings. The van der Waals surface area contributed by atoms with Crippen LogP contribution in [0.15, 0.2) is 18.2 Å². The van der Waals surface area contributed by atoms with E-state index in [0.29, 0.717) is 16.6 Å². The normalized spacial score (nSPS) is 16.8. The van der Waals surface area contributed by atoms with Crippen LogP contribution in [-0.4, -0.2) is 29.1 Å². The molecule has 92 valence electrons. The van der Waals surface area contributed by atoms with Crippen LogP contribution in [0.2, 0.25) is 10.0 Å². The Morgan fingerprint density at radius 3 is 2.47 bits per heavy atom. The zero-order valence-electron chi connectivity index (χ0n) is 9.20. The van der Waals surface area contributed by atoms with E-state index in [1.807, 2.05) is 18.2 Å². The summed E-state index contributed by atoms with van der Waals surface area (Å²) in [6, 6.07) is 5.45. The van der Waals surface area contributed by atoms with Gasteiger partial charge in [0.25, 0.3) is 0 Å². The molecule has 1 aromatic rings. The molecule has 1 fully saturated rings. The van der Waals surface area contributed by atoms with Crippen LogP contribution in [0.3, 0.4) is 0 Å². The molecule has 0 bridgehead atoms. The third-order valence-electron chi connectivity index (χ3n) is 2.94. The van der Waals surface area contributed by atoms with E-state index in [0.717, 1.165) is 18.7 Å². The molecule has 0 spiro atoms. The lowest BCUT2D eigenvalue weighted by molar-refractivity contribution is -0.139. The molecule has 0 aromatic heterocycles. The first-order valence-electron chi connectivity index (χ1n) is 5.43. The number of likely N-dealkylation sites (tertiary alicyclic amines) is 1. The minimum atomic E-state index is -0.731. The van der Waals surface area contributed by atoms with Gasteiger partial charge in [-0.2, -0.15) is 0 Å². The first-order valence-corrected chi connectivity index (χ1v) is 6.19. The maximum Gasteiger partial charge on any atom is 0.303 e. The number of hydrogen-bond acceptors (Lipinski definition) is 2. The Bertz CT molecular complexity index is 410. The lowest BCUT2D eigenvalue weighted by atomic mass is 9.96. The molecule has 0 amide bonds. The van der Waals surface area contributed by atoms with Crippen LogP contribution < -0.4 is 0 Å². The van der Waals surface area contributed by atoms with Crippen molar-refractivity contribution in [3.63, 3.8) is 0 Å². The summed E-state index contributed by atoms with van der Waals surface area (Å²) >= 11 is 12.1. The number of carboxylic acid groups (broad SMARTS) is 1. The standard InChI is InChI=1S/C12H13Cl2NO2/c13-10-2-1-3-11(14)9(10)7-15-5-8(6-15)4-12(16)17/h1-3,8H,4-7H2,(H,16,17). The molecule has 1 saturated heterocycles. The number of halogens is 2. The van der Waals surface area contributed by atoms with Gasteiger partial charge in [0.15, 0.2) is 0 Å². The van der Waals surface area contributed by atoms with Crippen molar-refractivity contribution in [2.24, 2.45) is 5.92 Å². The predicted octanol–water partition coefficient (Wildman–Crippen LogP) is 2.90. The smallest absolute Gasteiger partial charge is 0.303 e. The number of carboxylic acids is 1. The van der Waals surface area contributed by atoms with Gasteiger partial charge in [-0.15, -0.1) is 0 Å². The fourth-order valence-corrected chi connectivity index (χ4v) is 2.61. The average molecular weight is 274 g/mol. The van der Waals surface area contributed by atoms with Gasteiger partial charge >= 0.3 is 5.97 Å². The molecule has 1 aromatic carbocycles. The van der Waals surface area contributed by atoms with E-state index in [-0.39, 0.29) is 12.3 Å². The van der Waals surface area contributed by atoms with Gasteiger partial charge in [0.1, 0.15) is 0 Å². The van der Waals surface area contributed by atoms with Gasteiger partial charge in [0, 0.05) is 35.2 Å². The van der Waals surface area contributed by atoms with Crippen molar-refractivity contribution in [1.29, 1.82) is 0 Å². The molecule has 0 aliphatic carbocycles. The second-order valence-corrected chi connectivity index (χ2v) is 5.17. The molecule has 5 heteroatoms. The Morgan fingerprint density at radius 2 is 1.94 bits per heavy atom. The Balaban J connectivity index is 1.90. The zero-order valence-corrected chi connectivity index (χ0v) is 10.7. The first-order chi connectivity index (χ1) is 8.06. The minimum Gasteiger partial charge on any atom is -0.481 e. The van der Waals surface area contributed by atoms with Crippen LogP contribution in [0.4, 0.5) is 0 Å².